The summed E-state index contributed by atoms with van der Waals surface area (Å²) >= 11 is 6.12. The van der Waals surface area contributed by atoms with Crippen molar-refractivity contribution in [1.29, 1.82) is 0 Å². The maximum absolute atomic E-state index is 14.5. The summed E-state index contributed by atoms with van der Waals surface area (Å²) in [7, 11) is 0. The fourth-order valence-electron chi connectivity index (χ4n) is 4.09. The van der Waals surface area contributed by atoms with Crippen LogP contribution in [-0.4, -0.2) is 26.7 Å². The van der Waals surface area contributed by atoms with Crippen LogP contribution >= 0.6 is 11.6 Å². The minimum absolute atomic E-state index is 0.226. The van der Waals surface area contributed by atoms with Gasteiger partial charge in [-0.15, -0.1) is 0 Å². The summed E-state index contributed by atoms with van der Waals surface area (Å²) in [5.41, 5.74) is 8.40. The molecule has 2 N–H and O–H groups in total. The highest BCUT2D eigenvalue weighted by Gasteiger charge is 2.40. The van der Waals surface area contributed by atoms with Crippen molar-refractivity contribution in [2.45, 2.75) is 31.8 Å². The molecule has 4 rings (SSSR count). The molecule has 0 saturated heterocycles. The van der Waals surface area contributed by atoms with Crippen molar-refractivity contribution in [3.05, 3.63) is 93.8 Å². The van der Waals surface area contributed by atoms with Crippen LogP contribution in [0.3, 0.4) is 0 Å². The van der Waals surface area contributed by atoms with E-state index in [2.05, 4.69) is 9.97 Å². The SMILES string of the molecule is Cc1ccc([C@H](C(N)=O)N(C(=O)c2cccnc2)[C@@H]2CCc3c(F)cc(Cl)cc32)cn1. The number of benzene rings is 1. The van der Waals surface area contributed by atoms with Crippen molar-refractivity contribution in [3.63, 3.8) is 0 Å². The summed E-state index contributed by atoms with van der Waals surface area (Å²) in [6, 6.07) is 7.93. The van der Waals surface area contributed by atoms with Gasteiger partial charge in [-0.05, 0) is 61.2 Å². The predicted molar refractivity (Wildman–Crippen MR) is 114 cm³/mol. The first-order valence-electron chi connectivity index (χ1n) is 9.79. The lowest BCUT2D eigenvalue weighted by Crippen LogP contribution is -2.43. The highest BCUT2D eigenvalue weighted by atomic mass is 35.5. The summed E-state index contributed by atoms with van der Waals surface area (Å²) < 4.78 is 14.5. The number of hydrogen-bond donors (Lipinski definition) is 1. The number of amides is 2. The lowest BCUT2D eigenvalue weighted by atomic mass is 9.99. The summed E-state index contributed by atoms with van der Waals surface area (Å²) in [4.78, 5) is 36.0. The van der Waals surface area contributed by atoms with Gasteiger partial charge in [0, 0.05) is 34.9 Å². The van der Waals surface area contributed by atoms with Gasteiger partial charge in [-0.3, -0.25) is 19.6 Å². The molecule has 6 nitrogen and oxygen atoms in total. The molecular formula is C23H20ClFN4O2. The first-order chi connectivity index (χ1) is 14.9. The second-order valence-electron chi connectivity index (χ2n) is 7.50. The lowest BCUT2D eigenvalue weighted by molar-refractivity contribution is -0.123. The van der Waals surface area contributed by atoms with Gasteiger partial charge in [0.05, 0.1) is 11.6 Å². The molecule has 0 spiro atoms. The zero-order chi connectivity index (χ0) is 22.1. The van der Waals surface area contributed by atoms with Crippen LogP contribution in [0.5, 0.6) is 0 Å². The third-order valence-corrected chi connectivity index (χ3v) is 5.72. The number of carbonyl (C=O) groups is 2. The van der Waals surface area contributed by atoms with E-state index in [1.807, 2.05) is 6.92 Å². The van der Waals surface area contributed by atoms with Crippen molar-refractivity contribution in [3.8, 4) is 0 Å². The van der Waals surface area contributed by atoms with Crippen LogP contribution in [0.2, 0.25) is 5.02 Å². The molecule has 0 bridgehead atoms. The Morgan fingerprint density at radius 3 is 2.71 bits per heavy atom. The maximum atomic E-state index is 14.5. The van der Waals surface area contributed by atoms with Crippen LogP contribution in [0.4, 0.5) is 4.39 Å². The summed E-state index contributed by atoms with van der Waals surface area (Å²) in [5.74, 6) is -1.57. The van der Waals surface area contributed by atoms with Crippen molar-refractivity contribution in [2.75, 3.05) is 0 Å². The standard InChI is InChI=1S/C23H20ClFN4O2/c1-13-4-5-14(12-28-13)21(22(26)30)29(23(31)15-3-2-8-27-11-15)20-7-6-17-18(20)9-16(24)10-19(17)25/h2-5,8-12,20-21H,6-7H2,1H3,(H2,26,30)/t20-,21-/m1/s1. The van der Waals surface area contributed by atoms with E-state index in [-0.39, 0.29) is 5.02 Å². The second-order valence-corrected chi connectivity index (χ2v) is 7.94. The smallest absolute Gasteiger partial charge is 0.256 e. The Bertz CT molecular complexity index is 1140. The zero-order valence-corrected chi connectivity index (χ0v) is 17.5. The molecule has 2 amide bonds. The third kappa shape index (κ3) is 4.01. The van der Waals surface area contributed by atoms with Gasteiger partial charge in [0.2, 0.25) is 5.91 Å². The largest absolute Gasteiger partial charge is 0.368 e. The fraction of sp³-hybridized carbons (Fsp3) is 0.217. The van der Waals surface area contributed by atoms with E-state index in [0.717, 1.165) is 5.69 Å². The van der Waals surface area contributed by atoms with Crippen LogP contribution < -0.4 is 5.73 Å². The second kappa shape index (κ2) is 8.43. The van der Waals surface area contributed by atoms with Gasteiger partial charge < -0.3 is 10.6 Å². The van der Waals surface area contributed by atoms with Gasteiger partial charge >= 0.3 is 0 Å². The van der Waals surface area contributed by atoms with Crippen LogP contribution in [0, 0.1) is 12.7 Å². The molecule has 31 heavy (non-hydrogen) atoms. The van der Waals surface area contributed by atoms with Crippen molar-refractivity contribution < 1.29 is 14.0 Å². The van der Waals surface area contributed by atoms with Crippen LogP contribution in [0.1, 0.15) is 51.2 Å². The topological polar surface area (TPSA) is 89.2 Å². The van der Waals surface area contributed by atoms with E-state index < -0.39 is 29.7 Å². The minimum atomic E-state index is -1.10. The first-order valence-corrected chi connectivity index (χ1v) is 10.2. The molecule has 1 aliphatic carbocycles. The number of carbonyl (C=O) groups excluding carboxylic acids is 2. The quantitative estimate of drug-likeness (QED) is 0.653. The number of nitrogens with two attached hydrogens (primary N) is 1. The zero-order valence-electron chi connectivity index (χ0n) is 16.8. The molecule has 8 heteroatoms. The molecule has 0 saturated carbocycles. The molecule has 1 aliphatic rings. The number of aromatic nitrogens is 2. The van der Waals surface area contributed by atoms with Crippen molar-refractivity contribution in [2.24, 2.45) is 5.73 Å². The molecule has 2 heterocycles. The number of pyridine rings is 2. The van der Waals surface area contributed by atoms with E-state index in [4.69, 9.17) is 17.3 Å². The number of fused-ring (bicyclic) bond motifs is 1. The first kappa shape index (κ1) is 20.9. The molecule has 0 radical (unpaired) electrons. The van der Waals surface area contributed by atoms with E-state index in [1.54, 1.807) is 36.5 Å². The number of rotatable bonds is 5. The Labute approximate surface area is 183 Å². The Morgan fingerprint density at radius 2 is 2.06 bits per heavy atom. The number of nitrogens with zero attached hydrogens (tertiary/aromatic N) is 3. The van der Waals surface area contributed by atoms with Gasteiger partial charge in [-0.25, -0.2) is 4.39 Å². The molecular weight excluding hydrogens is 419 g/mol. The maximum Gasteiger partial charge on any atom is 0.256 e. The summed E-state index contributed by atoms with van der Waals surface area (Å²) in [6.07, 6.45) is 5.35. The number of primary amides is 1. The van der Waals surface area contributed by atoms with Gasteiger partial charge in [-0.1, -0.05) is 17.7 Å². The molecule has 3 aromatic rings. The Hall–Kier alpha value is -3.32. The Morgan fingerprint density at radius 1 is 1.26 bits per heavy atom. The number of halogens is 2. The van der Waals surface area contributed by atoms with E-state index in [0.29, 0.717) is 35.1 Å². The third-order valence-electron chi connectivity index (χ3n) is 5.50. The molecule has 0 unspecified atom stereocenters. The molecule has 0 aliphatic heterocycles. The fourth-order valence-corrected chi connectivity index (χ4v) is 4.30. The van der Waals surface area contributed by atoms with Crippen molar-refractivity contribution in [1.82, 2.24) is 14.9 Å². The van der Waals surface area contributed by atoms with E-state index in [1.165, 1.54) is 23.4 Å². The molecule has 2 atom stereocenters. The highest BCUT2D eigenvalue weighted by Crippen LogP contribution is 2.43. The van der Waals surface area contributed by atoms with Gasteiger partial charge in [0.15, 0.2) is 0 Å². The van der Waals surface area contributed by atoms with Crippen LogP contribution in [0.15, 0.2) is 55.0 Å². The lowest BCUT2D eigenvalue weighted by Gasteiger charge is -2.35. The van der Waals surface area contributed by atoms with Gasteiger partial charge in [0.25, 0.3) is 5.91 Å². The van der Waals surface area contributed by atoms with Crippen LogP contribution in [-0.2, 0) is 11.2 Å². The van der Waals surface area contributed by atoms with Gasteiger partial charge in [-0.2, -0.15) is 0 Å². The molecule has 158 valence electrons. The minimum Gasteiger partial charge on any atom is -0.368 e. The summed E-state index contributed by atoms with van der Waals surface area (Å²) in [6.45, 7) is 1.82. The Kier molecular flexibility index (Phi) is 5.69. The van der Waals surface area contributed by atoms with E-state index in [9.17, 15) is 14.0 Å². The highest BCUT2D eigenvalue weighted by molar-refractivity contribution is 6.30. The average Bonchev–Trinajstić information content (AvgIpc) is 3.16. The van der Waals surface area contributed by atoms with Crippen molar-refractivity contribution >= 4 is 23.4 Å². The van der Waals surface area contributed by atoms with Crippen LogP contribution in [0.25, 0.3) is 0 Å². The predicted octanol–water partition coefficient (Wildman–Crippen LogP) is 3.93. The monoisotopic (exact) mass is 438 g/mol. The normalized spacial score (nSPS) is 15.9. The Balaban J connectivity index is 1.88. The molecule has 0 fully saturated rings. The summed E-state index contributed by atoms with van der Waals surface area (Å²) in [5, 5.41) is 0.226. The average molecular weight is 439 g/mol. The number of hydrogen-bond acceptors (Lipinski definition) is 4. The molecule has 2 aromatic heterocycles. The number of aryl methyl sites for hydroxylation is 1. The molecule has 1 aromatic carbocycles. The van der Waals surface area contributed by atoms with Gasteiger partial charge in [0.1, 0.15) is 11.9 Å². The van der Waals surface area contributed by atoms with E-state index >= 15 is 0 Å².